The smallest absolute Gasteiger partial charge is 0.408 e. The Labute approximate surface area is 231 Å². The molecule has 0 aliphatic heterocycles. The van der Waals surface area contributed by atoms with Crippen molar-refractivity contribution in [3.05, 3.63) is 81.0 Å². The van der Waals surface area contributed by atoms with Crippen LogP contribution in [0.4, 0.5) is 10.5 Å². The highest BCUT2D eigenvalue weighted by Gasteiger charge is 2.26. The first-order valence-corrected chi connectivity index (χ1v) is 12.8. The highest BCUT2D eigenvalue weighted by atomic mass is 16.6. The average molecular weight is 547 g/mol. The number of anilines is 1. The first-order chi connectivity index (χ1) is 18.8. The molecule has 1 atom stereocenters. The molecular formula is C30H34N4O6. The zero-order valence-corrected chi connectivity index (χ0v) is 23.8. The van der Waals surface area contributed by atoms with Crippen molar-refractivity contribution >= 4 is 39.4 Å². The van der Waals surface area contributed by atoms with Crippen molar-refractivity contribution in [3.8, 4) is 5.69 Å². The van der Waals surface area contributed by atoms with Crippen LogP contribution in [0, 0.1) is 0 Å². The summed E-state index contributed by atoms with van der Waals surface area (Å²) in [5.74, 6) is -0.629. The van der Waals surface area contributed by atoms with Gasteiger partial charge in [0, 0.05) is 38.6 Å². The number of alkyl carbamates (subject to hydrolysis) is 1. The number of aromatic nitrogens is 2. The molecule has 0 spiro atoms. The van der Waals surface area contributed by atoms with Gasteiger partial charge in [0.2, 0.25) is 0 Å². The lowest BCUT2D eigenvalue weighted by atomic mass is 9.97. The minimum absolute atomic E-state index is 0.101. The van der Waals surface area contributed by atoms with Gasteiger partial charge in [-0.2, -0.15) is 0 Å². The van der Waals surface area contributed by atoms with E-state index in [1.54, 1.807) is 58.2 Å². The van der Waals surface area contributed by atoms with Gasteiger partial charge in [0.05, 0.1) is 23.7 Å². The van der Waals surface area contributed by atoms with E-state index in [1.807, 2.05) is 43.3 Å². The largest absolute Gasteiger partial charge is 0.467 e. The number of nitrogens with zero attached hydrogens (tertiary/aromatic N) is 3. The molecule has 0 unspecified atom stereocenters. The predicted molar refractivity (Wildman–Crippen MR) is 155 cm³/mol. The number of fused-ring (bicyclic) bond motifs is 2. The van der Waals surface area contributed by atoms with Gasteiger partial charge in [-0.15, -0.1) is 0 Å². The van der Waals surface area contributed by atoms with Crippen molar-refractivity contribution < 1.29 is 19.1 Å². The lowest BCUT2D eigenvalue weighted by Gasteiger charge is -2.23. The summed E-state index contributed by atoms with van der Waals surface area (Å²) in [5.41, 5.74) is 0.841. The number of carbonyl (C=O) groups excluding carboxylic acids is 2. The fourth-order valence-corrected chi connectivity index (χ4v) is 4.68. The van der Waals surface area contributed by atoms with Gasteiger partial charge in [0.1, 0.15) is 11.6 Å². The summed E-state index contributed by atoms with van der Waals surface area (Å²) < 4.78 is 12.9. The molecule has 4 aromatic rings. The maximum atomic E-state index is 13.8. The second kappa shape index (κ2) is 10.9. The Bertz CT molecular complexity index is 1730. The Morgan fingerprint density at radius 2 is 1.65 bits per heavy atom. The monoisotopic (exact) mass is 546 g/mol. The molecule has 4 rings (SSSR count). The van der Waals surface area contributed by atoms with E-state index in [2.05, 4.69) is 5.32 Å². The van der Waals surface area contributed by atoms with E-state index in [4.69, 9.17) is 9.47 Å². The topological polar surface area (TPSA) is 112 Å². The zero-order chi connectivity index (χ0) is 29.4. The molecule has 0 aliphatic carbocycles. The van der Waals surface area contributed by atoms with Crippen LogP contribution in [0.1, 0.15) is 26.3 Å². The first-order valence-electron chi connectivity index (χ1n) is 12.8. The molecule has 1 N–H and O–H groups in total. The average Bonchev–Trinajstić information content (AvgIpc) is 2.90. The van der Waals surface area contributed by atoms with Crippen molar-refractivity contribution in [2.24, 2.45) is 7.05 Å². The summed E-state index contributed by atoms with van der Waals surface area (Å²) in [4.78, 5) is 54.2. The van der Waals surface area contributed by atoms with E-state index in [0.717, 1.165) is 11.1 Å². The van der Waals surface area contributed by atoms with Crippen molar-refractivity contribution in [2.45, 2.75) is 38.8 Å². The van der Waals surface area contributed by atoms with Crippen molar-refractivity contribution in [1.29, 1.82) is 0 Å². The fourth-order valence-electron chi connectivity index (χ4n) is 4.68. The van der Waals surface area contributed by atoms with Crippen LogP contribution in [0.15, 0.2) is 64.2 Å². The summed E-state index contributed by atoms with van der Waals surface area (Å²) >= 11 is 0. The Kier molecular flexibility index (Phi) is 7.72. The Balaban J connectivity index is 1.85. The van der Waals surface area contributed by atoms with Crippen LogP contribution in [0.2, 0.25) is 0 Å². The van der Waals surface area contributed by atoms with Gasteiger partial charge in [0.25, 0.3) is 5.56 Å². The third-order valence-corrected chi connectivity index (χ3v) is 6.60. The van der Waals surface area contributed by atoms with Crippen molar-refractivity contribution in [3.63, 3.8) is 0 Å². The van der Waals surface area contributed by atoms with Crippen molar-refractivity contribution in [2.75, 3.05) is 26.1 Å². The second-order valence-corrected chi connectivity index (χ2v) is 10.8. The SMILES string of the molecule is COC(=O)[C@H](Cc1cccc2c(-n3c(=O)c4cc(N(C)C)ccc4n(C)c3=O)cccc12)NC(=O)OC(C)(C)C. The molecule has 210 valence electrons. The number of esters is 1. The van der Waals surface area contributed by atoms with Crippen LogP contribution < -0.4 is 21.5 Å². The Morgan fingerprint density at radius 1 is 0.975 bits per heavy atom. The maximum Gasteiger partial charge on any atom is 0.408 e. The number of carbonyl (C=O) groups is 2. The van der Waals surface area contributed by atoms with Crippen LogP contribution in [0.5, 0.6) is 0 Å². The number of hydrogen-bond donors (Lipinski definition) is 1. The number of ether oxygens (including phenoxy) is 2. The van der Waals surface area contributed by atoms with Crippen LogP contribution in [-0.4, -0.2) is 54.0 Å². The molecule has 3 aromatic carbocycles. The number of hydrogen-bond acceptors (Lipinski definition) is 7. The van der Waals surface area contributed by atoms with Gasteiger partial charge in [-0.25, -0.2) is 19.0 Å². The number of amides is 1. The second-order valence-electron chi connectivity index (χ2n) is 10.8. The van der Waals surface area contributed by atoms with Gasteiger partial charge >= 0.3 is 17.8 Å². The number of rotatable bonds is 6. The normalized spacial score (nSPS) is 12.3. The zero-order valence-electron chi connectivity index (χ0n) is 23.8. The molecule has 0 bridgehead atoms. The summed E-state index contributed by atoms with van der Waals surface area (Å²) in [6, 6.07) is 15.1. The van der Waals surface area contributed by atoms with E-state index < -0.39 is 35.0 Å². The quantitative estimate of drug-likeness (QED) is 0.368. The van der Waals surface area contributed by atoms with E-state index in [9.17, 15) is 19.2 Å². The van der Waals surface area contributed by atoms with Crippen LogP contribution in [0.25, 0.3) is 27.4 Å². The lowest BCUT2D eigenvalue weighted by molar-refractivity contribution is -0.143. The van der Waals surface area contributed by atoms with Gasteiger partial charge in [-0.1, -0.05) is 30.3 Å². The molecule has 10 nitrogen and oxygen atoms in total. The number of nitrogens with one attached hydrogen (secondary N) is 1. The maximum absolute atomic E-state index is 13.8. The Morgan fingerprint density at radius 3 is 2.30 bits per heavy atom. The molecule has 1 heterocycles. The van der Waals surface area contributed by atoms with Gasteiger partial charge in [-0.3, -0.25) is 9.36 Å². The molecule has 0 saturated heterocycles. The molecule has 0 aliphatic rings. The number of benzene rings is 3. The molecule has 40 heavy (non-hydrogen) atoms. The lowest BCUT2D eigenvalue weighted by Crippen LogP contribution is -2.45. The van der Waals surface area contributed by atoms with Crippen LogP contribution in [0.3, 0.4) is 0 Å². The molecular weight excluding hydrogens is 512 g/mol. The third-order valence-electron chi connectivity index (χ3n) is 6.60. The predicted octanol–water partition coefficient (Wildman–Crippen LogP) is 3.52. The first kappa shape index (κ1) is 28.4. The minimum Gasteiger partial charge on any atom is -0.467 e. The van der Waals surface area contributed by atoms with E-state index in [-0.39, 0.29) is 6.42 Å². The number of methoxy groups -OCH3 is 1. The highest BCUT2D eigenvalue weighted by Crippen LogP contribution is 2.26. The van der Waals surface area contributed by atoms with Crippen LogP contribution >= 0.6 is 0 Å². The third kappa shape index (κ3) is 5.56. The molecule has 1 aromatic heterocycles. The van der Waals surface area contributed by atoms with Gasteiger partial charge in [-0.05, 0) is 56.0 Å². The van der Waals surface area contributed by atoms with Crippen LogP contribution in [-0.2, 0) is 27.7 Å². The van der Waals surface area contributed by atoms with E-state index in [1.165, 1.54) is 16.2 Å². The number of aryl methyl sites for hydroxylation is 1. The summed E-state index contributed by atoms with van der Waals surface area (Å²) in [6.45, 7) is 5.19. The molecule has 0 radical (unpaired) electrons. The summed E-state index contributed by atoms with van der Waals surface area (Å²) in [6.07, 6.45) is -0.643. The molecule has 10 heteroatoms. The van der Waals surface area contributed by atoms with Gasteiger partial charge < -0.3 is 19.7 Å². The van der Waals surface area contributed by atoms with Gasteiger partial charge in [0.15, 0.2) is 0 Å². The van der Waals surface area contributed by atoms with Crippen molar-refractivity contribution in [1.82, 2.24) is 14.5 Å². The van der Waals surface area contributed by atoms with E-state index >= 15 is 0 Å². The molecule has 0 fully saturated rings. The fraction of sp³-hybridized carbons (Fsp3) is 0.333. The molecule has 1 amide bonds. The standard InChI is InChI=1S/C30H34N4O6/c1-30(2,3)40-28(37)31-23(27(36)39-7)16-18-10-8-12-21-20(18)11-9-13-25(21)34-26(35)22-17-19(32(4)5)14-15-24(22)33(6)29(34)38/h8-15,17,23H,16H2,1-7H3,(H,31,37)/t23-/m0/s1. The minimum atomic E-state index is -1.02. The Hall–Kier alpha value is -4.60. The highest BCUT2D eigenvalue weighted by molar-refractivity contribution is 5.94. The summed E-state index contributed by atoms with van der Waals surface area (Å²) in [5, 5.41) is 4.37. The molecule has 0 saturated carbocycles. The summed E-state index contributed by atoms with van der Waals surface area (Å²) in [7, 11) is 6.65. The van der Waals surface area contributed by atoms with E-state index in [0.29, 0.717) is 27.5 Å².